The first-order valence-corrected chi connectivity index (χ1v) is 3.69. The second-order valence-electron chi connectivity index (χ2n) is 3.27. The molecule has 0 radical (unpaired) electrons. The molecule has 0 saturated carbocycles. The van der Waals surface area contributed by atoms with Gasteiger partial charge < -0.3 is 12.4 Å². The maximum atomic E-state index is 4.30. The van der Waals surface area contributed by atoms with Gasteiger partial charge in [-0.25, -0.2) is 0 Å². The molecule has 0 amide bonds. The number of fused-ring (bicyclic) bond motifs is 1. The van der Waals surface area contributed by atoms with Crippen molar-refractivity contribution in [3.63, 3.8) is 0 Å². The minimum absolute atomic E-state index is 0. The van der Waals surface area contributed by atoms with E-state index in [0.717, 1.165) is 10.2 Å². The summed E-state index contributed by atoms with van der Waals surface area (Å²) in [6.07, 6.45) is 1.95. The van der Waals surface area contributed by atoms with Crippen LogP contribution >= 0.6 is 0 Å². The second-order valence-corrected chi connectivity index (χ2v) is 3.27. The quantitative estimate of drug-likeness (QED) is 0.454. The fourth-order valence-corrected chi connectivity index (χ4v) is 1.33. The van der Waals surface area contributed by atoms with Crippen LogP contribution in [0.15, 0.2) is 29.3 Å². The van der Waals surface area contributed by atoms with Crippen LogP contribution in [0.1, 0.15) is 0 Å². The van der Waals surface area contributed by atoms with Crippen molar-refractivity contribution in [2.24, 2.45) is 4.99 Å². The molecule has 12 heavy (non-hydrogen) atoms. The van der Waals surface area contributed by atoms with Crippen molar-refractivity contribution in [3.8, 4) is 0 Å². The van der Waals surface area contributed by atoms with E-state index in [1.807, 2.05) is 24.5 Å². The Morgan fingerprint density at radius 3 is 2.50 bits per heavy atom. The predicted molar refractivity (Wildman–Crippen MR) is 48.2 cm³/mol. The highest BCUT2D eigenvalue weighted by Crippen LogP contribution is 2.34. The maximum absolute atomic E-state index is 4.30. The standard InChI is InChI=1S/C9H11N2.ClH/c1-11(2)7-10-8-5-3-4-6-9(8)11;/h3-7H,1-2H3;1H/q+1;/p-1. The third-order valence-electron chi connectivity index (χ3n) is 1.99. The molecule has 1 aliphatic rings. The fourth-order valence-electron chi connectivity index (χ4n) is 1.33. The van der Waals surface area contributed by atoms with Crippen LogP contribution in [-0.2, 0) is 0 Å². The summed E-state index contributed by atoms with van der Waals surface area (Å²) in [6.45, 7) is 0. The van der Waals surface area contributed by atoms with Crippen LogP contribution in [-0.4, -0.2) is 20.4 Å². The van der Waals surface area contributed by atoms with Gasteiger partial charge in [0.25, 0.3) is 0 Å². The van der Waals surface area contributed by atoms with Gasteiger partial charge in [-0.3, -0.25) is 4.48 Å². The molecule has 0 N–H and O–H groups in total. The molecule has 64 valence electrons. The van der Waals surface area contributed by atoms with E-state index in [1.54, 1.807) is 0 Å². The van der Waals surface area contributed by atoms with Crippen LogP contribution in [0.25, 0.3) is 0 Å². The molecule has 0 aliphatic carbocycles. The predicted octanol–water partition coefficient (Wildman–Crippen LogP) is -1.07. The van der Waals surface area contributed by atoms with Crippen LogP contribution < -0.4 is 16.9 Å². The molecule has 0 bridgehead atoms. The lowest BCUT2D eigenvalue weighted by Gasteiger charge is -2.18. The van der Waals surface area contributed by atoms with Gasteiger partial charge >= 0.3 is 0 Å². The minimum atomic E-state index is 0. The largest absolute Gasteiger partial charge is 1.00 e. The Bertz CT molecular complexity index is 318. The number of quaternary nitrogens is 1. The highest BCUT2D eigenvalue weighted by Gasteiger charge is 2.25. The Labute approximate surface area is 78.5 Å². The number of rotatable bonds is 0. The normalized spacial score (nSPS) is 16.8. The van der Waals surface area contributed by atoms with Crippen molar-refractivity contribution in [3.05, 3.63) is 24.3 Å². The number of nitrogens with zero attached hydrogens (tertiary/aromatic N) is 2. The van der Waals surface area contributed by atoms with Gasteiger partial charge in [-0.1, -0.05) is 12.1 Å². The van der Waals surface area contributed by atoms with Gasteiger partial charge in [0.15, 0.2) is 12.0 Å². The Balaban J connectivity index is 0.000000720. The Kier molecular flexibility index (Phi) is 2.22. The van der Waals surface area contributed by atoms with Crippen molar-refractivity contribution in [2.75, 3.05) is 14.1 Å². The zero-order chi connectivity index (χ0) is 7.90. The lowest BCUT2D eigenvalue weighted by Crippen LogP contribution is -3.00. The first kappa shape index (κ1) is 9.23. The molecule has 0 atom stereocenters. The smallest absolute Gasteiger partial charge is 0.195 e. The summed E-state index contributed by atoms with van der Waals surface area (Å²) in [5.41, 5.74) is 2.37. The Hall–Kier alpha value is -0.860. The summed E-state index contributed by atoms with van der Waals surface area (Å²) >= 11 is 0. The summed E-state index contributed by atoms with van der Waals surface area (Å²) in [5.74, 6) is 0. The molecule has 0 aromatic heterocycles. The number of para-hydroxylation sites is 2. The van der Waals surface area contributed by atoms with Gasteiger partial charge in [0.2, 0.25) is 0 Å². The van der Waals surface area contributed by atoms with Crippen LogP contribution in [0.2, 0.25) is 0 Å². The summed E-state index contributed by atoms with van der Waals surface area (Å²) in [6, 6.07) is 8.22. The lowest BCUT2D eigenvalue weighted by molar-refractivity contribution is -0.00000231. The Morgan fingerprint density at radius 1 is 1.17 bits per heavy atom. The molecule has 3 heteroatoms. The number of aliphatic imine (C=N–C) groups is 1. The van der Waals surface area contributed by atoms with E-state index < -0.39 is 0 Å². The SMILES string of the molecule is C[N+]1(C)C=Nc2ccccc21.[Cl-]. The van der Waals surface area contributed by atoms with Crippen molar-refractivity contribution in [1.82, 2.24) is 4.48 Å². The van der Waals surface area contributed by atoms with Gasteiger partial charge in [-0.15, -0.1) is 0 Å². The van der Waals surface area contributed by atoms with E-state index in [0.29, 0.717) is 0 Å². The van der Waals surface area contributed by atoms with E-state index in [9.17, 15) is 0 Å². The third kappa shape index (κ3) is 1.24. The van der Waals surface area contributed by atoms with Crippen molar-refractivity contribution >= 4 is 17.7 Å². The van der Waals surface area contributed by atoms with E-state index in [-0.39, 0.29) is 12.4 Å². The average molecular weight is 183 g/mol. The number of halogens is 1. The average Bonchev–Trinajstić information content (AvgIpc) is 2.29. The molecule has 1 heterocycles. The molecule has 1 aromatic carbocycles. The van der Waals surface area contributed by atoms with Crippen LogP contribution in [0.4, 0.5) is 11.4 Å². The van der Waals surface area contributed by atoms with Crippen molar-refractivity contribution < 1.29 is 12.4 Å². The van der Waals surface area contributed by atoms with Gasteiger partial charge in [0.05, 0.1) is 14.1 Å². The molecule has 0 fully saturated rings. The van der Waals surface area contributed by atoms with E-state index in [1.165, 1.54) is 5.69 Å². The van der Waals surface area contributed by atoms with Crippen LogP contribution in [0.5, 0.6) is 0 Å². The summed E-state index contributed by atoms with van der Waals surface area (Å²) in [5, 5.41) is 0. The summed E-state index contributed by atoms with van der Waals surface area (Å²) < 4.78 is 0.760. The molecular formula is C9H11ClN2. The first-order valence-electron chi connectivity index (χ1n) is 3.69. The van der Waals surface area contributed by atoms with Gasteiger partial charge in [0, 0.05) is 6.07 Å². The zero-order valence-corrected chi connectivity index (χ0v) is 7.92. The monoisotopic (exact) mass is 182 g/mol. The zero-order valence-electron chi connectivity index (χ0n) is 7.16. The van der Waals surface area contributed by atoms with Crippen molar-refractivity contribution in [2.45, 2.75) is 0 Å². The molecule has 2 rings (SSSR count). The van der Waals surface area contributed by atoms with E-state index >= 15 is 0 Å². The van der Waals surface area contributed by atoms with Gasteiger partial charge in [0.1, 0.15) is 5.69 Å². The lowest BCUT2D eigenvalue weighted by atomic mass is 10.2. The molecule has 1 aromatic rings. The number of hydrogen-bond donors (Lipinski definition) is 0. The molecule has 2 nitrogen and oxygen atoms in total. The molecule has 0 saturated heterocycles. The van der Waals surface area contributed by atoms with E-state index in [2.05, 4.69) is 25.2 Å². The summed E-state index contributed by atoms with van der Waals surface area (Å²) in [7, 11) is 4.24. The fraction of sp³-hybridized carbons (Fsp3) is 0.222. The Morgan fingerprint density at radius 2 is 1.83 bits per heavy atom. The second kappa shape index (κ2) is 2.88. The molecular weight excluding hydrogens is 172 g/mol. The highest BCUT2D eigenvalue weighted by molar-refractivity contribution is 5.87. The first-order chi connectivity index (χ1) is 5.20. The topological polar surface area (TPSA) is 12.4 Å². The van der Waals surface area contributed by atoms with Gasteiger partial charge in [-0.05, 0) is 6.07 Å². The third-order valence-corrected chi connectivity index (χ3v) is 1.99. The number of benzene rings is 1. The maximum Gasteiger partial charge on any atom is 0.195 e. The van der Waals surface area contributed by atoms with Gasteiger partial charge in [-0.2, -0.15) is 4.99 Å². The molecule has 1 aliphatic heterocycles. The van der Waals surface area contributed by atoms with Crippen LogP contribution in [0, 0.1) is 0 Å². The molecule has 0 unspecified atom stereocenters. The minimum Gasteiger partial charge on any atom is -1.00 e. The molecule has 0 spiro atoms. The number of hydrogen-bond acceptors (Lipinski definition) is 1. The highest BCUT2D eigenvalue weighted by atomic mass is 35.5. The van der Waals surface area contributed by atoms with Crippen LogP contribution in [0.3, 0.4) is 0 Å². The van der Waals surface area contributed by atoms with Crippen molar-refractivity contribution in [1.29, 1.82) is 0 Å². The summed E-state index contributed by atoms with van der Waals surface area (Å²) in [4.78, 5) is 4.30. The van der Waals surface area contributed by atoms with E-state index in [4.69, 9.17) is 0 Å².